The van der Waals surface area contributed by atoms with E-state index < -0.39 is 18.0 Å². The number of allylic oxidation sites excluding steroid dienone is 1. The second-order valence-corrected chi connectivity index (χ2v) is 14.6. The molecule has 0 bridgehead atoms. The molecule has 266 valence electrons. The fourth-order valence-electron chi connectivity index (χ4n) is 7.03. The lowest BCUT2D eigenvalue weighted by molar-refractivity contribution is -0.143. The van der Waals surface area contributed by atoms with Crippen molar-refractivity contribution < 1.29 is 14.4 Å². The summed E-state index contributed by atoms with van der Waals surface area (Å²) in [5.41, 5.74) is 18.5. The summed E-state index contributed by atoms with van der Waals surface area (Å²) >= 11 is 1.67. The normalized spacial score (nSPS) is 20.4. The van der Waals surface area contributed by atoms with Crippen LogP contribution in [0.3, 0.4) is 0 Å². The summed E-state index contributed by atoms with van der Waals surface area (Å²) < 4.78 is 0. The van der Waals surface area contributed by atoms with Crippen LogP contribution in [0.2, 0.25) is 0 Å². The summed E-state index contributed by atoms with van der Waals surface area (Å²) in [6.07, 6.45) is 7.64. The Hall–Kier alpha value is -3.76. The largest absolute Gasteiger partial charge is 0.350 e. The van der Waals surface area contributed by atoms with Gasteiger partial charge in [0.2, 0.25) is 11.8 Å². The predicted octanol–water partition coefficient (Wildman–Crippen LogP) is 5.79. The van der Waals surface area contributed by atoms with Crippen molar-refractivity contribution in [2.24, 2.45) is 17.4 Å². The molecule has 0 saturated carbocycles. The van der Waals surface area contributed by atoms with Gasteiger partial charge in [0.05, 0.1) is 6.04 Å². The first-order valence-electron chi connectivity index (χ1n) is 18.2. The highest BCUT2D eigenvalue weighted by Crippen LogP contribution is 2.35. The van der Waals surface area contributed by atoms with Crippen molar-refractivity contribution in [3.05, 3.63) is 101 Å². The third-order valence-electron chi connectivity index (χ3n) is 10.1. The number of nitrogens with zero attached hydrogens (tertiary/aromatic N) is 1. The van der Waals surface area contributed by atoms with Crippen molar-refractivity contribution >= 4 is 34.9 Å². The molecule has 2 amide bonds. The first-order chi connectivity index (χ1) is 24.3. The molecule has 3 atom stereocenters. The number of ketones is 1. The minimum absolute atomic E-state index is 0.00160. The van der Waals surface area contributed by atoms with E-state index in [9.17, 15) is 14.4 Å². The maximum Gasteiger partial charge on any atom is 0.243 e. The number of carbonyl (C=O) groups is 3. The van der Waals surface area contributed by atoms with Crippen molar-refractivity contribution in [3.8, 4) is 0 Å². The summed E-state index contributed by atoms with van der Waals surface area (Å²) in [6, 6.07) is 21.7. The van der Waals surface area contributed by atoms with Crippen molar-refractivity contribution in [1.82, 2.24) is 15.5 Å². The van der Waals surface area contributed by atoms with E-state index in [1.807, 2.05) is 24.3 Å². The third kappa shape index (κ3) is 9.51. The molecule has 1 heterocycles. The molecule has 0 unspecified atom stereocenters. The average Bonchev–Trinajstić information content (AvgIpc) is 3.55. The first-order valence-corrected chi connectivity index (χ1v) is 19.0. The molecule has 5 rings (SSSR count). The Bertz CT molecular complexity index is 1670. The molecule has 3 aromatic rings. The Morgan fingerprint density at radius 2 is 1.58 bits per heavy atom. The van der Waals surface area contributed by atoms with Gasteiger partial charge in [-0.3, -0.25) is 14.4 Å². The zero-order valence-corrected chi connectivity index (χ0v) is 30.4. The number of Topliss-reactive ketones (excluding diaryl/α,β-unsaturated/α-hetero) is 1. The van der Waals surface area contributed by atoms with E-state index in [-0.39, 0.29) is 24.0 Å². The molecule has 1 aliphatic carbocycles. The van der Waals surface area contributed by atoms with Gasteiger partial charge in [-0.15, -0.1) is 0 Å². The molecular formula is C41H53N5O3S. The van der Waals surface area contributed by atoms with E-state index in [1.165, 1.54) is 11.1 Å². The van der Waals surface area contributed by atoms with Gasteiger partial charge in [-0.2, -0.15) is 0 Å². The monoisotopic (exact) mass is 695 g/mol. The number of amides is 2. The zero-order chi connectivity index (χ0) is 35.5. The number of likely N-dealkylation sites (N-methyl/N-ethyl adjacent to an activating group) is 1. The SMILES string of the molecule is CCc1ccc2c(c1)CNC(=O)[C@H](CC1=CCc3ccccc31)N(C)C(=O)[C@H](CCCCN)CC(=O)[C@H](CCCN)NCc1ccccc1S2. The van der Waals surface area contributed by atoms with Crippen LogP contribution in [-0.4, -0.2) is 54.7 Å². The van der Waals surface area contributed by atoms with E-state index in [0.29, 0.717) is 51.9 Å². The average molecular weight is 696 g/mol. The fourth-order valence-corrected chi connectivity index (χ4v) is 8.08. The van der Waals surface area contributed by atoms with Gasteiger partial charge < -0.3 is 27.0 Å². The molecule has 0 spiro atoms. The van der Waals surface area contributed by atoms with Crippen LogP contribution in [0, 0.1) is 5.92 Å². The lowest BCUT2D eigenvalue weighted by atomic mass is 9.90. The van der Waals surface area contributed by atoms with Crippen LogP contribution < -0.4 is 22.1 Å². The van der Waals surface area contributed by atoms with E-state index in [2.05, 4.69) is 66.1 Å². The molecule has 3 aromatic carbocycles. The second kappa shape index (κ2) is 18.5. The molecule has 0 aromatic heterocycles. The standard InChI is InChI=1S/C41H53N5O3S/c1-3-28-17-20-39-33(23-28)27-45-40(48)36(24-30-19-18-29-11-4-6-14-34(29)30)46(2)41(49)31(12-8-9-21-42)25-37(47)35(15-10-22-43)44-26-32-13-5-7-16-38(32)50-39/h4-7,11,13-14,16-17,19-20,23,31,35-36,44H,3,8-10,12,15,18,21-22,24-27,42-43H2,1-2H3,(H,45,48)/t31-,35+,36+/m1/s1. The van der Waals surface area contributed by atoms with E-state index >= 15 is 0 Å². The van der Waals surface area contributed by atoms with Crippen LogP contribution in [0.4, 0.5) is 0 Å². The molecule has 0 saturated heterocycles. The lowest BCUT2D eigenvalue weighted by Crippen LogP contribution is -2.50. The number of hydrogen-bond acceptors (Lipinski definition) is 7. The van der Waals surface area contributed by atoms with Gasteiger partial charge in [0.25, 0.3) is 0 Å². The number of carbonyl (C=O) groups excluding carboxylic acids is 3. The van der Waals surface area contributed by atoms with Crippen LogP contribution in [0.5, 0.6) is 0 Å². The van der Waals surface area contributed by atoms with E-state index in [1.54, 1.807) is 23.7 Å². The lowest BCUT2D eigenvalue weighted by Gasteiger charge is -2.32. The molecule has 6 N–H and O–H groups in total. The van der Waals surface area contributed by atoms with Gasteiger partial charge in [-0.1, -0.05) is 85.8 Å². The molecular weight excluding hydrogens is 643 g/mol. The van der Waals surface area contributed by atoms with Crippen molar-refractivity contribution in [3.63, 3.8) is 0 Å². The summed E-state index contributed by atoms with van der Waals surface area (Å²) in [7, 11) is 1.72. The smallest absolute Gasteiger partial charge is 0.243 e. The fraction of sp³-hybridized carbons (Fsp3) is 0.439. The quantitative estimate of drug-likeness (QED) is 0.198. The van der Waals surface area contributed by atoms with Crippen LogP contribution in [0.15, 0.2) is 82.6 Å². The number of fused-ring (bicyclic) bond motifs is 3. The topological polar surface area (TPSA) is 131 Å². The van der Waals surface area contributed by atoms with E-state index in [4.69, 9.17) is 11.5 Å². The Labute approximate surface area is 301 Å². The van der Waals surface area contributed by atoms with Crippen molar-refractivity contribution in [2.45, 2.75) is 99.7 Å². The van der Waals surface area contributed by atoms with Crippen molar-refractivity contribution in [1.29, 1.82) is 0 Å². The van der Waals surface area contributed by atoms with Gasteiger partial charge in [0.1, 0.15) is 6.04 Å². The highest BCUT2D eigenvalue weighted by Gasteiger charge is 2.35. The molecule has 50 heavy (non-hydrogen) atoms. The molecule has 8 nitrogen and oxygen atoms in total. The van der Waals surface area contributed by atoms with Gasteiger partial charge in [0.15, 0.2) is 5.78 Å². The Morgan fingerprint density at radius 1 is 0.840 bits per heavy atom. The Balaban J connectivity index is 1.54. The maximum absolute atomic E-state index is 14.5. The molecule has 0 fully saturated rings. The highest BCUT2D eigenvalue weighted by molar-refractivity contribution is 7.99. The zero-order valence-electron chi connectivity index (χ0n) is 29.6. The minimum Gasteiger partial charge on any atom is -0.350 e. The van der Waals surface area contributed by atoms with Crippen LogP contribution in [-0.2, 0) is 40.3 Å². The maximum atomic E-state index is 14.5. The minimum atomic E-state index is -0.750. The number of benzene rings is 3. The summed E-state index contributed by atoms with van der Waals surface area (Å²) in [4.78, 5) is 46.6. The number of hydrogen-bond donors (Lipinski definition) is 4. The van der Waals surface area contributed by atoms with Crippen LogP contribution >= 0.6 is 11.8 Å². The van der Waals surface area contributed by atoms with Gasteiger partial charge >= 0.3 is 0 Å². The number of nitrogens with one attached hydrogen (secondary N) is 2. The highest BCUT2D eigenvalue weighted by atomic mass is 32.2. The van der Waals surface area contributed by atoms with Gasteiger partial charge in [-0.05, 0) is 97.1 Å². The first kappa shape index (κ1) is 37.5. The third-order valence-corrected chi connectivity index (χ3v) is 11.3. The Morgan fingerprint density at radius 3 is 2.36 bits per heavy atom. The molecule has 1 aliphatic heterocycles. The molecule has 2 aliphatic rings. The number of rotatable bonds is 10. The molecule has 9 heteroatoms. The van der Waals surface area contributed by atoms with Gasteiger partial charge in [-0.25, -0.2) is 0 Å². The number of aryl methyl sites for hydroxylation is 1. The van der Waals surface area contributed by atoms with Gasteiger partial charge in [0, 0.05) is 48.7 Å². The predicted molar refractivity (Wildman–Crippen MR) is 202 cm³/mol. The second-order valence-electron chi connectivity index (χ2n) is 13.5. The van der Waals surface area contributed by atoms with E-state index in [0.717, 1.165) is 57.7 Å². The summed E-state index contributed by atoms with van der Waals surface area (Å²) in [5.74, 6) is -0.951. The summed E-state index contributed by atoms with van der Waals surface area (Å²) in [5, 5.41) is 6.78. The van der Waals surface area contributed by atoms with Crippen LogP contribution in [0.1, 0.15) is 79.7 Å². The molecule has 0 radical (unpaired) electrons. The number of nitrogens with two attached hydrogens (primary N) is 2. The number of unbranched alkanes of at least 4 members (excludes halogenated alkanes) is 1. The van der Waals surface area contributed by atoms with Crippen LogP contribution in [0.25, 0.3) is 5.57 Å². The summed E-state index contributed by atoms with van der Waals surface area (Å²) in [6.45, 7) is 3.97. The van der Waals surface area contributed by atoms with Crippen molar-refractivity contribution in [2.75, 3.05) is 20.1 Å². The Kier molecular flexibility index (Phi) is 13.8.